The van der Waals surface area contributed by atoms with Crippen molar-refractivity contribution in [2.24, 2.45) is 5.41 Å². The van der Waals surface area contributed by atoms with Crippen LogP contribution in [0.4, 0.5) is 5.69 Å². The molecule has 1 aromatic rings. The number of non-ortho nitro benzene ring substituents is 1. The number of esters is 1. The molecule has 0 bridgehead atoms. The van der Waals surface area contributed by atoms with Gasteiger partial charge in [0.05, 0.1) is 11.3 Å². The summed E-state index contributed by atoms with van der Waals surface area (Å²) in [7, 11) is 0. The highest BCUT2D eigenvalue weighted by molar-refractivity contribution is 6.00. The smallest absolute Gasteiger partial charge is 0.308 e. The van der Waals surface area contributed by atoms with Crippen LogP contribution in [0, 0.1) is 15.5 Å². The average Bonchev–Trinajstić information content (AvgIpc) is 2.39. The van der Waals surface area contributed by atoms with Crippen LogP contribution in [-0.4, -0.2) is 23.3 Å². The van der Waals surface area contributed by atoms with Gasteiger partial charge in [-0.25, -0.2) is 0 Å². The number of nitrogens with zero attached hydrogens (tertiary/aromatic N) is 1. The van der Waals surface area contributed by atoms with Crippen LogP contribution in [0.25, 0.3) is 0 Å². The summed E-state index contributed by atoms with van der Waals surface area (Å²) in [6.07, 6.45) is -0.813. The zero-order valence-electron chi connectivity index (χ0n) is 12.6. The maximum Gasteiger partial charge on any atom is 0.308 e. The number of hydrogen-bond acceptors (Lipinski definition) is 6. The van der Waals surface area contributed by atoms with Crippen LogP contribution >= 0.6 is 0 Å². The van der Waals surface area contributed by atoms with Gasteiger partial charge in [0.25, 0.3) is 5.69 Å². The van der Waals surface area contributed by atoms with Crippen molar-refractivity contribution in [2.75, 3.05) is 6.61 Å². The highest BCUT2D eigenvalue weighted by Gasteiger charge is 2.31. The Morgan fingerprint density at radius 1 is 1.45 bits per heavy atom. The fourth-order valence-electron chi connectivity index (χ4n) is 2.12. The minimum Gasteiger partial charge on any atom is -0.431 e. The Kier molecular flexibility index (Phi) is 4.27. The Morgan fingerprint density at radius 2 is 2.14 bits per heavy atom. The standard InChI is InChI=1S/C15H17NO6/c1-15(2,3)7-13(18)22-14-10-5-4-9(16(19)20)6-11(10)12(17)8-21-14/h4-6,14H,7-8H2,1-3H3. The molecule has 2 rings (SSSR count). The number of carbonyl (C=O) groups excluding carboxylic acids is 2. The van der Waals surface area contributed by atoms with Gasteiger partial charge in [0.15, 0.2) is 5.78 Å². The molecule has 0 saturated heterocycles. The van der Waals surface area contributed by atoms with E-state index in [1.165, 1.54) is 18.2 Å². The second kappa shape index (κ2) is 5.84. The minimum atomic E-state index is -1.01. The molecule has 0 fully saturated rings. The van der Waals surface area contributed by atoms with Crippen molar-refractivity contribution in [2.45, 2.75) is 33.5 Å². The number of carbonyl (C=O) groups is 2. The second-order valence-corrected chi connectivity index (χ2v) is 6.32. The maximum absolute atomic E-state index is 11.9. The first kappa shape index (κ1) is 16.1. The van der Waals surface area contributed by atoms with Crippen LogP contribution in [0.3, 0.4) is 0 Å². The zero-order valence-corrected chi connectivity index (χ0v) is 12.6. The van der Waals surface area contributed by atoms with E-state index in [9.17, 15) is 19.7 Å². The van der Waals surface area contributed by atoms with Gasteiger partial charge in [-0.3, -0.25) is 19.7 Å². The Morgan fingerprint density at radius 3 is 2.73 bits per heavy atom. The van der Waals surface area contributed by atoms with Gasteiger partial charge < -0.3 is 9.47 Å². The van der Waals surface area contributed by atoms with E-state index in [4.69, 9.17) is 9.47 Å². The molecule has 1 aliphatic rings. The number of ketones is 1. The van der Waals surface area contributed by atoms with Gasteiger partial charge in [-0.1, -0.05) is 20.8 Å². The average molecular weight is 307 g/mol. The van der Waals surface area contributed by atoms with Gasteiger partial charge in [0.2, 0.25) is 6.29 Å². The number of ether oxygens (including phenoxy) is 2. The summed E-state index contributed by atoms with van der Waals surface area (Å²) in [4.78, 5) is 33.9. The van der Waals surface area contributed by atoms with E-state index in [1.807, 2.05) is 20.8 Å². The lowest BCUT2D eigenvalue weighted by molar-refractivity contribution is -0.384. The molecule has 0 N–H and O–H groups in total. The van der Waals surface area contributed by atoms with Gasteiger partial charge >= 0.3 is 5.97 Å². The lowest BCUT2D eigenvalue weighted by Gasteiger charge is -2.26. The molecule has 0 saturated carbocycles. The van der Waals surface area contributed by atoms with E-state index in [0.717, 1.165) is 0 Å². The first-order valence-electron chi connectivity index (χ1n) is 6.80. The Labute approximate surface area is 127 Å². The van der Waals surface area contributed by atoms with E-state index in [2.05, 4.69) is 0 Å². The second-order valence-electron chi connectivity index (χ2n) is 6.32. The van der Waals surface area contributed by atoms with Crippen molar-refractivity contribution in [1.29, 1.82) is 0 Å². The third-order valence-corrected chi connectivity index (χ3v) is 3.08. The predicted octanol–water partition coefficient (Wildman–Crippen LogP) is 2.79. The lowest BCUT2D eigenvalue weighted by Crippen LogP contribution is -2.27. The zero-order chi connectivity index (χ0) is 16.5. The fraction of sp³-hybridized carbons (Fsp3) is 0.467. The van der Waals surface area contributed by atoms with Crippen molar-refractivity contribution >= 4 is 17.4 Å². The molecule has 1 heterocycles. The monoisotopic (exact) mass is 307 g/mol. The minimum absolute atomic E-state index is 0.161. The number of Topliss-reactive ketones (excluding diaryl/α,β-unsaturated/α-hetero) is 1. The highest BCUT2D eigenvalue weighted by Crippen LogP contribution is 2.32. The summed E-state index contributed by atoms with van der Waals surface area (Å²) in [5.41, 5.74) is 0.0757. The summed E-state index contributed by atoms with van der Waals surface area (Å²) >= 11 is 0. The number of nitro benzene ring substituents is 1. The Hall–Kier alpha value is -2.28. The van der Waals surface area contributed by atoms with Gasteiger partial charge in [0, 0.05) is 23.3 Å². The molecule has 118 valence electrons. The topological polar surface area (TPSA) is 95.7 Å². The maximum atomic E-state index is 11.9. The van der Waals surface area contributed by atoms with Crippen molar-refractivity contribution in [3.63, 3.8) is 0 Å². The molecular formula is C15H17NO6. The fourth-order valence-corrected chi connectivity index (χ4v) is 2.12. The van der Waals surface area contributed by atoms with E-state index < -0.39 is 17.2 Å². The van der Waals surface area contributed by atoms with Crippen LogP contribution < -0.4 is 0 Å². The van der Waals surface area contributed by atoms with Crippen LogP contribution in [-0.2, 0) is 14.3 Å². The summed E-state index contributed by atoms with van der Waals surface area (Å²) in [6, 6.07) is 3.83. The summed E-state index contributed by atoms with van der Waals surface area (Å²) in [6.45, 7) is 5.42. The lowest BCUT2D eigenvalue weighted by atomic mass is 9.92. The molecule has 1 unspecified atom stereocenters. The number of hydrogen-bond donors (Lipinski definition) is 0. The Bertz CT molecular complexity index is 631. The number of rotatable bonds is 3. The molecule has 1 aromatic carbocycles. The molecule has 7 heteroatoms. The van der Waals surface area contributed by atoms with Crippen LogP contribution in [0.15, 0.2) is 18.2 Å². The molecule has 7 nitrogen and oxygen atoms in total. The molecule has 1 aliphatic heterocycles. The van der Waals surface area contributed by atoms with Gasteiger partial charge in [0.1, 0.15) is 6.61 Å². The highest BCUT2D eigenvalue weighted by atomic mass is 16.7. The molecule has 1 atom stereocenters. The van der Waals surface area contributed by atoms with E-state index in [0.29, 0.717) is 5.56 Å². The molecule has 0 aromatic heterocycles. The SMILES string of the molecule is CC(C)(C)CC(=O)OC1OCC(=O)c2cc([N+](=O)[O-])ccc21. The van der Waals surface area contributed by atoms with Crippen molar-refractivity contribution in [3.8, 4) is 0 Å². The quantitative estimate of drug-likeness (QED) is 0.484. The van der Waals surface area contributed by atoms with E-state index in [1.54, 1.807) is 0 Å². The number of nitro groups is 1. The normalized spacial score (nSPS) is 17.8. The number of benzene rings is 1. The summed E-state index contributed by atoms with van der Waals surface area (Å²) in [5.74, 6) is -0.821. The molecule has 22 heavy (non-hydrogen) atoms. The molecule has 0 aliphatic carbocycles. The van der Waals surface area contributed by atoms with E-state index in [-0.39, 0.29) is 35.5 Å². The number of fused-ring (bicyclic) bond motifs is 1. The predicted molar refractivity (Wildman–Crippen MR) is 76.3 cm³/mol. The van der Waals surface area contributed by atoms with Crippen molar-refractivity contribution < 1.29 is 24.0 Å². The van der Waals surface area contributed by atoms with Gasteiger partial charge in [-0.15, -0.1) is 0 Å². The molecule has 0 radical (unpaired) electrons. The molecular weight excluding hydrogens is 290 g/mol. The van der Waals surface area contributed by atoms with Crippen LogP contribution in [0.2, 0.25) is 0 Å². The third-order valence-electron chi connectivity index (χ3n) is 3.08. The van der Waals surface area contributed by atoms with Gasteiger partial charge in [-0.2, -0.15) is 0 Å². The molecule has 0 spiro atoms. The largest absolute Gasteiger partial charge is 0.431 e. The summed E-state index contributed by atoms with van der Waals surface area (Å²) in [5, 5.41) is 10.8. The van der Waals surface area contributed by atoms with E-state index >= 15 is 0 Å². The van der Waals surface area contributed by atoms with Crippen molar-refractivity contribution in [1.82, 2.24) is 0 Å². The van der Waals surface area contributed by atoms with Crippen LogP contribution in [0.5, 0.6) is 0 Å². The molecule has 0 amide bonds. The van der Waals surface area contributed by atoms with Crippen molar-refractivity contribution in [3.05, 3.63) is 39.4 Å². The first-order chi connectivity index (χ1) is 10.2. The van der Waals surface area contributed by atoms with Crippen LogP contribution in [0.1, 0.15) is 49.4 Å². The first-order valence-corrected chi connectivity index (χ1v) is 6.80. The van der Waals surface area contributed by atoms with Gasteiger partial charge in [-0.05, 0) is 11.5 Å². The third kappa shape index (κ3) is 3.67. The summed E-state index contributed by atoms with van der Waals surface area (Å²) < 4.78 is 10.5. The Balaban J connectivity index is 2.24.